The zero-order valence-corrected chi connectivity index (χ0v) is 12.8. The van der Waals surface area contributed by atoms with Crippen molar-refractivity contribution in [3.63, 3.8) is 0 Å². The van der Waals surface area contributed by atoms with E-state index >= 15 is 0 Å². The molecule has 5 heteroatoms. The van der Waals surface area contributed by atoms with Crippen molar-refractivity contribution in [2.45, 2.75) is 19.4 Å². The zero-order chi connectivity index (χ0) is 15.4. The number of rotatable bonds is 5. The first kappa shape index (κ1) is 14.6. The predicted molar refractivity (Wildman–Crippen MR) is 86.8 cm³/mol. The molecule has 0 saturated heterocycles. The SMILES string of the molecule is O=C(CCc1ccccc1)NCc1cn2cc(Cl)ccc2n1. The molecule has 2 heterocycles. The molecule has 0 fully saturated rings. The fourth-order valence-corrected chi connectivity index (χ4v) is 2.45. The lowest BCUT2D eigenvalue weighted by Crippen LogP contribution is -2.23. The maximum absolute atomic E-state index is 11.9. The first-order valence-corrected chi connectivity index (χ1v) is 7.52. The van der Waals surface area contributed by atoms with E-state index in [2.05, 4.69) is 10.3 Å². The van der Waals surface area contributed by atoms with Crippen LogP contribution in [0.2, 0.25) is 5.02 Å². The van der Waals surface area contributed by atoms with Crippen LogP contribution >= 0.6 is 11.6 Å². The van der Waals surface area contributed by atoms with Gasteiger partial charge in [-0.2, -0.15) is 0 Å². The van der Waals surface area contributed by atoms with Crippen LogP contribution in [0.1, 0.15) is 17.7 Å². The Morgan fingerprint density at radius 1 is 1.14 bits per heavy atom. The average molecular weight is 314 g/mol. The number of hydrogen-bond acceptors (Lipinski definition) is 2. The Labute approximate surface area is 133 Å². The predicted octanol–water partition coefficient (Wildman–Crippen LogP) is 3.24. The molecular formula is C17H16ClN3O. The maximum Gasteiger partial charge on any atom is 0.220 e. The van der Waals surface area contributed by atoms with Gasteiger partial charge in [-0.05, 0) is 24.1 Å². The summed E-state index contributed by atoms with van der Waals surface area (Å²) in [6.07, 6.45) is 4.89. The summed E-state index contributed by atoms with van der Waals surface area (Å²) in [5.41, 5.74) is 2.80. The second-order valence-electron chi connectivity index (χ2n) is 5.11. The number of aryl methyl sites for hydroxylation is 1. The highest BCUT2D eigenvalue weighted by Crippen LogP contribution is 2.11. The van der Waals surface area contributed by atoms with Crippen molar-refractivity contribution in [3.05, 3.63) is 71.1 Å². The van der Waals surface area contributed by atoms with E-state index in [1.807, 2.05) is 47.0 Å². The Morgan fingerprint density at radius 2 is 1.95 bits per heavy atom. The number of imidazole rings is 1. The van der Waals surface area contributed by atoms with Gasteiger partial charge in [0.2, 0.25) is 5.91 Å². The van der Waals surface area contributed by atoms with Gasteiger partial charge in [0.25, 0.3) is 0 Å². The molecule has 4 nitrogen and oxygen atoms in total. The molecule has 112 valence electrons. The van der Waals surface area contributed by atoms with Crippen molar-refractivity contribution in [1.29, 1.82) is 0 Å². The van der Waals surface area contributed by atoms with Gasteiger partial charge >= 0.3 is 0 Å². The van der Waals surface area contributed by atoms with E-state index in [-0.39, 0.29) is 5.91 Å². The van der Waals surface area contributed by atoms with Crippen molar-refractivity contribution in [2.75, 3.05) is 0 Å². The van der Waals surface area contributed by atoms with E-state index in [1.54, 1.807) is 12.3 Å². The molecule has 0 bridgehead atoms. The lowest BCUT2D eigenvalue weighted by atomic mass is 10.1. The van der Waals surface area contributed by atoms with Crippen molar-refractivity contribution < 1.29 is 4.79 Å². The highest BCUT2D eigenvalue weighted by atomic mass is 35.5. The number of halogens is 1. The van der Waals surface area contributed by atoms with E-state index in [9.17, 15) is 4.79 Å². The molecule has 1 aromatic carbocycles. The molecule has 1 amide bonds. The van der Waals surface area contributed by atoms with Crippen molar-refractivity contribution in [2.24, 2.45) is 0 Å². The summed E-state index contributed by atoms with van der Waals surface area (Å²) < 4.78 is 1.85. The summed E-state index contributed by atoms with van der Waals surface area (Å²) in [7, 11) is 0. The van der Waals surface area contributed by atoms with Gasteiger partial charge in [0.15, 0.2) is 0 Å². The van der Waals surface area contributed by atoms with Crippen molar-refractivity contribution >= 4 is 23.2 Å². The van der Waals surface area contributed by atoms with Gasteiger partial charge in [-0.15, -0.1) is 0 Å². The zero-order valence-electron chi connectivity index (χ0n) is 12.0. The fourth-order valence-electron chi connectivity index (χ4n) is 2.28. The molecule has 0 radical (unpaired) electrons. The molecule has 0 aliphatic carbocycles. The summed E-state index contributed by atoms with van der Waals surface area (Å²) in [6.45, 7) is 0.424. The maximum atomic E-state index is 11.9. The van der Waals surface area contributed by atoms with Crippen LogP contribution in [0, 0.1) is 0 Å². The van der Waals surface area contributed by atoms with E-state index in [0.29, 0.717) is 18.0 Å². The summed E-state index contributed by atoms with van der Waals surface area (Å²) in [5.74, 6) is 0.0268. The lowest BCUT2D eigenvalue weighted by molar-refractivity contribution is -0.121. The van der Waals surface area contributed by atoms with Crippen LogP contribution in [0.25, 0.3) is 5.65 Å². The molecule has 22 heavy (non-hydrogen) atoms. The van der Waals surface area contributed by atoms with Gasteiger partial charge in [0.1, 0.15) is 5.65 Å². The smallest absolute Gasteiger partial charge is 0.220 e. The minimum Gasteiger partial charge on any atom is -0.350 e. The van der Waals surface area contributed by atoms with Crippen LogP contribution in [-0.4, -0.2) is 15.3 Å². The van der Waals surface area contributed by atoms with Gasteiger partial charge in [0.05, 0.1) is 17.3 Å². The van der Waals surface area contributed by atoms with E-state index < -0.39 is 0 Å². The molecular weight excluding hydrogens is 298 g/mol. The quantitative estimate of drug-likeness (QED) is 0.786. The second kappa shape index (κ2) is 6.62. The Balaban J connectivity index is 1.53. The van der Waals surface area contributed by atoms with E-state index in [1.165, 1.54) is 5.56 Å². The summed E-state index contributed by atoms with van der Waals surface area (Å²) in [6, 6.07) is 13.6. The number of fused-ring (bicyclic) bond motifs is 1. The summed E-state index contributed by atoms with van der Waals surface area (Å²) >= 11 is 5.94. The fraction of sp³-hybridized carbons (Fsp3) is 0.176. The van der Waals surface area contributed by atoms with Gasteiger partial charge in [0, 0.05) is 18.8 Å². The highest BCUT2D eigenvalue weighted by molar-refractivity contribution is 6.30. The number of aromatic nitrogens is 2. The van der Waals surface area contributed by atoms with Gasteiger partial charge in [-0.1, -0.05) is 41.9 Å². The summed E-state index contributed by atoms with van der Waals surface area (Å²) in [4.78, 5) is 16.3. The molecule has 0 spiro atoms. The monoisotopic (exact) mass is 313 g/mol. The first-order chi connectivity index (χ1) is 10.7. The molecule has 0 aliphatic heterocycles. The Morgan fingerprint density at radius 3 is 2.77 bits per heavy atom. The topological polar surface area (TPSA) is 46.4 Å². The number of carbonyl (C=O) groups is 1. The Hall–Kier alpha value is -2.33. The number of hydrogen-bond donors (Lipinski definition) is 1. The minimum absolute atomic E-state index is 0.0268. The first-order valence-electron chi connectivity index (χ1n) is 7.14. The molecule has 1 N–H and O–H groups in total. The van der Waals surface area contributed by atoms with Crippen LogP contribution < -0.4 is 5.32 Å². The third-order valence-corrected chi connectivity index (χ3v) is 3.64. The third-order valence-electron chi connectivity index (χ3n) is 3.42. The van der Waals surface area contributed by atoms with E-state index in [0.717, 1.165) is 17.8 Å². The van der Waals surface area contributed by atoms with Crippen LogP contribution in [-0.2, 0) is 17.8 Å². The Bertz CT molecular complexity index is 783. The Kier molecular flexibility index (Phi) is 4.39. The number of nitrogens with zero attached hydrogens (tertiary/aromatic N) is 2. The van der Waals surface area contributed by atoms with Crippen molar-refractivity contribution in [3.8, 4) is 0 Å². The average Bonchev–Trinajstić information content (AvgIpc) is 2.94. The van der Waals surface area contributed by atoms with Gasteiger partial charge in [-0.3, -0.25) is 4.79 Å². The molecule has 3 rings (SSSR count). The largest absolute Gasteiger partial charge is 0.350 e. The molecule has 0 saturated carbocycles. The number of nitrogens with one attached hydrogen (secondary N) is 1. The lowest BCUT2D eigenvalue weighted by Gasteiger charge is -2.03. The van der Waals surface area contributed by atoms with Crippen LogP contribution in [0.3, 0.4) is 0 Å². The van der Waals surface area contributed by atoms with Crippen LogP contribution in [0.5, 0.6) is 0 Å². The molecule has 3 aromatic rings. The highest BCUT2D eigenvalue weighted by Gasteiger charge is 2.05. The van der Waals surface area contributed by atoms with Crippen LogP contribution in [0.15, 0.2) is 54.9 Å². The number of pyridine rings is 1. The second-order valence-corrected chi connectivity index (χ2v) is 5.54. The van der Waals surface area contributed by atoms with Gasteiger partial charge in [-0.25, -0.2) is 4.98 Å². The van der Waals surface area contributed by atoms with Crippen LogP contribution in [0.4, 0.5) is 0 Å². The normalized spacial score (nSPS) is 10.8. The van der Waals surface area contributed by atoms with Gasteiger partial charge < -0.3 is 9.72 Å². The molecule has 0 atom stereocenters. The van der Waals surface area contributed by atoms with E-state index in [4.69, 9.17) is 11.6 Å². The number of carbonyl (C=O) groups excluding carboxylic acids is 1. The molecule has 0 unspecified atom stereocenters. The summed E-state index contributed by atoms with van der Waals surface area (Å²) in [5, 5.41) is 3.55. The van der Waals surface area contributed by atoms with Crippen molar-refractivity contribution in [1.82, 2.24) is 14.7 Å². The molecule has 2 aromatic heterocycles. The standard InChI is InChI=1S/C17H16ClN3O/c18-14-7-8-16-20-15(12-21(16)11-14)10-19-17(22)9-6-13-4-2-1-3-5-13/h1-5,7-8,11-12H,6,9-10H2,(H,19,22). The third kappa shape index (κ3) is 3.65. The molecule has 0 aliphatic rings. The number of amides is 1. The number of benzene rings is 1. The minimum atomic E-state index is 0.0268.